The molecule has 4 aromatic rings. The minimum atomic E-state index is -0.463. The van der Waals surface area contributed by atoms with Gasteiger partial charge >= 0.3 is 0 Å². The Morgan fingerprint density at radius 1 is 1.11 bits per heavy atom. The predicted molar refractivity (Wildman–Crippen MR) is 137 cm³/mol. The lowest BCUT2D eigenvalue weighted by atomic mass is 10.1. The molecule has 0 saturated heterocycles. The molecule has 178 valence electrons. The van der Waals surface area contributed by atoms with Crippen LogP contribution in [0.5, 0.6) is 11.5 Å². The number of carbonyl (C=O) groups is 1. The molecule has 0 bridgehead atoms. The lowest BCUT2D eigenvalue weighted by Gasteiger charge is -2.11. The molecule has 0 aliphatic heterocycles. The average Bonchev–Trinajstić information content (AvgIpc) is 3.41. The molecule has 3 aromatic carbocycles. The summed E-state index contributed by atoms with van der Waals surface area (Å²) in [6.07, 6.45) is 1.66. The van der Waals surface area contributed by atoms with Gasteiger partial charge in [0.05, 0.1) is 23.3 Å². The van der Waals surface area contributed by atoms with E-state index in [1.807, 2.05) is 6.07 Å². The number of hydrogen-bond acceptors (Lipinski definition) is 8. The number of ether oxygens (including phenoxy) is 2. The normalized spacial score (nSPS) is 10.9. The van der Waals surface area contributed by atoms with Crippen molar-refractivity contribution in [1.82, 2.24) is 4.98 Å². The van der Waals surface area contributed by atoms with Gasteiger partial charge in [-0.25, -0.2) is 4.98 Å². The number of carbonyl (C=O) groups excluding carboxylic acids is 1. The molecular weight excluding hydrogens is 478 g/mol. The van der Waals surface area contributed by atoms with Crippen LogP contribution in [0.15, 0.2) is 78.2 Å². The number of allylic oxidation sites excluding steroid dienone is 1. The van der Waals surface area contributed by atoms with Crippen molar-refractivity contribution in [2.75, 3.05) is 13.7 Å². The number of hydrogen-bond donors (Lipinski definition) is 0. The van der Waals surface area contributed by atoms with Gasteiger partial charge in [0.25, 0.3) is 5.69 Å². The van der Waals surface area contributed by atoms with Crippen molar-refractivity contribution in [1.29, 1.82) is 5.26 Å². The maximum Gasteiger partial charge on any atom is 0.270 e. The van der Waals surface area contributed by atoms with E-state index in [2.05, 4.69) is 11.1 Å². The summed E-state index contributed by atoms with van der Waals surface area (Å²) in [5, 5.41) is 23.0. The molecule has 0 radical (unpaired) electrons. The number of aromatic nitrogens is 1. The first kappa shape index (κ1) is 24.3. The molecule has 1 aromatic heterocycles. The van der Waals surface area contributed by atoms with Crippen LogP contribution in [0, 0.1) is 21.4 Å². The number of ketones is 1. The highest BCUT2D eigenvalue weighted by Gasteiger charge is 2.14. The molecule has 0 saturated carbocycles. The molecule has 0 atom stereocenters. The molecule has 8 nitrogen and oxygen atoms in total. The minimum absolute atomic E-state index is 0.0297. The SMILES string of the molecule is COc1cc(/C=C(/C#N)c2nc(-c3cccc([N+](=O)[O-])c3)cs2)ccc1OCC(=O)c1ccccc1. The fourth-order valence-electron chi connectivity index (χ4n) is 3.36. The van der Waals surface area contributed by atoms with E-state index >= 15 is 0 Å². The Bertz CT molecular complexity index is 1490. The van der Waals surface area contributed by atoms with Crippen molar-refractivity contribution in [3.05, 3.63) is 104 Å². The van der Waals surface area contributed by atoms with Crippen LogP contribution in [0.2, 0.25) is 0 Å². The highest BCUT2D eigenvalue weighted by atomic mass is 32.1. The van der Waals surface area contributed by atoms with Gasteiger partial charge in [-0.1, -0.05) is 48.5 Å². The molecule has 9 heteroatoms. The van der Waals surface area contributed by atoms with Crippen molar-refractivity contribution in [3.8, 4) is 28.8 Å². The van der Waals surface area contributed by atoms with Gasteiger partial charge in [0.1, 0.15) is 11.1 Å². The van der Waals surface area contributed by atoms with Crippen LogP contribution >= 0.6 is 11.3 Å². The van der Waals surface area contributed by atoms with Gasteiger partial charge in [-0.3, -0.25) is 14.9 Å². The van der Waals surface area contributed by atoms with Crippen LogP contribution < -0.4 is 9.47 Å². The first-order chi connectivity index (χ1) is 17.5. The van der Waals surface area contributed by atoms with Crippen molar-refractivity contribution < 1.29 is 19.2 Å². The monoisotopic (exact) mass is 497 g/mol. The summed E-state index contributed by atoms with van der Waals surface area (Å²) in [4.78, 5) is 27.4. The number of rotatable bonds is 9. The number of nitriles is 1. The van der Waals surface area contributed by atoms with E-state index in [9.17, 15) is 20.2 Å². The second-order valence-electron chi connectivity index (χ2n) is 7.50. The van der Waals surface area contributed by atoms with Crippen molar-refractivity contribution in [2.45, 2.75) is 0 Å². The standard InChI is InChI=1S/C27H19N3O5S/c1-34-26-13-18(10-11-25(26)35-16-24(31)19-6-3-2-4-7-19)12-21(15-28)27-29-23(17-36-27)20-8-5-9-22(14-20)30(32)33/h2-14,17H,16H2,1H3/b21-12-. The number of Topliss-reactive ketones (excluding diaryl/α,β-unsaturated/α-hetero) is 1. The summed E-state index contributed by atoms with van der Waals surface area (Å²) in [6.45, 7) is -0.140. The van der Waals surface area contributed by atoms with Crippen LogP contribution in [0.3, 0.4) is 0 Å². The Morgan fingerprint density at radius 2 is 1.92 bits per heavy atom. The number of methoxy groups -OCH3 is 1. The first-order valence-corrected chi connectivity index (χ1v) is 11.6. The molecule has 0 N–H and O–H groups in total. The molecule has 0 amide bonds. The number of non-ortho nitro benzene ring substituents is 1. The maximum absolute atomic E-state index is 12.3. The van der Waals surface area contributed by atoms with Gasteiger partial charge in [-0.05, 0) is 23.8 Å². The van der Waals surface area contributed by atoms with Crippen molar-refractivity contribution in [3.63, 3.8) is 0 Å². The fraction of sp³-hybridized carbons (Fsp3) is 0.0741. The summed E-state index contributed by atoms with van der Waals surface area (Å²) in [7, 11) is 1.49. The summed E-state index contributed by atoms with van der Waals surface area (Å²) < 4.78 is 11.1. The van der Waals surface area contributed by atoms with Gasteiger partial charge < -0.3 is 9.47 Å². The highest BCUT2D eigenvalue weighted by Crippen LogP contribution is 2.32. The molecule has 0 spiro atoms. The van der Waals surface area contributed by atoms with Gasteiger partial charge in [0.15, 0.2) is 23.9 Å². The molecule has 36 heavy (non-hydrogen) atoms. The van der Waals surface area contributed by atoms with Crippen LogP contribution in [0.25, 0.3) is 22.9 Å². The molecule has 0 unspecified atom stereocenters. The second kappa shape index (κ2) is 11.1. The van der Waals surface area contributed by atoms with Crippen LogP contribution in [-0.4, -0.2) is 29.4 Å². The Morgan fingerprint density at radius 3 is 2.64 bits per heavy atom. The zero-order chi connectivity index (χ0) is 25.5. The van der Waals surface area contributed by atoms with E-state index in [0.29, 0.717) is 44.5 Å². The Hall–Kier alpha value is -4.81. The average molecular weight is 498 g/mol. The van der Waals surface area contributed by atoms with E-state index in [1.165, 1.54) is 30.6 Å². The largest absolute Gasteiger partial charge is 0.493 e. The highest BCUT2D eigenvalue weighted by molar-refractivity contribution is 7.11. The third kappa shape index (κ3) is 5.63. The molecule has 4 rings (SSSR count). The van der Waals surface area contributed by atoms with Crippen LogP contribution in [0.1, 0.15) is 20.9 Å². The number of nitro groups is 1. The molecule has 0 aliphatic carbocycles. The summed E-state index contributed by atoms with van der Waals surface area (Å²) in [5.74, 6) is 0.662. The van der Waals surface area contributed by atoms with E-state index < -0.39 is 4.92 Å². The smallest absolute Gasteiger partial charge is 0.270 e. The quantitative estimate of drug-likeness (QED) is 0.120. The Labute approximate surface area is 210 Å². The molecule has 0 aliphatic rings. The van der Waals surface area contributed by atoms with E-state index in [-0.39, 0.29) is 18.1 Å². The van der Waals surface area contributed by atoms with E-state index in [1.54, 1.807) is 66.1 Å². The van der Waals surface area contributed by atoms with E-state index in [4.69, 9.17) is 9.47 Å². The maximum atomic E-state index is 12.3. The summed E-state index contributed by atoms with van der Waals surface area (Å²) in [5.41, 5.74) is 2.67. The van der Waals surface area contributed by atoms with Crippen LogP contribution in [-0.2, 0) is 0 Å². The summed E-state index contributed by atoms with van der Waals surface area (Å²) in [6, 6.07) is 22.3. The van der Waals surface area contributed by atoms with Crippen molar-refractivity contribution >= 4 is 34.5 Å². The second-order valence-corrected chi connectivity index (χ2v) is 8.36. The number of thiazole rings is 1. The third-order valence-corrected chi connectivity index (χ3v) is 6.04. The Kier molecular flexibility index (Phi) is 7.48. The van der Waals surface area contributed by atoms with Crippen LogP contribution in [0.4, 0.5) is 5.69 Å². The number of nitro benzene ring substituents is 1. The lowest BCUT2D eigenvalue weighted by Crippen LogP contribution is -2.11. The lowest BCUT2D eigenvalue weighted by molar-refractivity contribution is -0.384. The zero-order valence-electron chi connectivity index (χ0n) is 19.1. The topological polar surface area (TPSA) is 115 Å². The van der Waals surface area contributed by atoms with Gasteiger partial charge in [0, 0.05) is 28.6 Å². The predicted octanol–water partition coefficient (Wildman–Crippen LogP) is 6.05. The van der Waals surface area contributed by atoms with Gasteiger partial charge in [0.2, 0.25) is 0 Å². The number of benzene rings is 3. The van der Waals surface area contributed by atoms with Crippen molar-refractivity contribution in [2.24, 2.45) is 0 Å². The minimum Gasteiger partial charge on any atom is -0.493 e. The molecular formula is C27H19N3O5S. The van der Waals surface area contributed by atoms with E-state index in [0.717, 1.165) is 0 Å². The number of nitrogens with zero attached hydrogens (tertiary/aromatic N) is 3. The zero-order valence-corrected chi connectivity index (χ0v) is 19.9. The molecule has 0 fully saturated rings. The third-order valence-electron chi connectivity index (χ3n) is 5.16. The molecule has 1 heterocycles. The summed E-state index contributed by atoms with van der Waals surface area (Å²) >= 11 is 1.27. The Balaban J connectivity index is 1.53. The first-order valence-electron chi connectivity index (χ1n) is 10.7. The fourth-order valence-corrected chi connectivity index (χ4v) is 4.16. The van der Waals surface area contributed by atoms with Gasteiger partial charge in [-0.15, -0.1) is 11.3 Å². The van der Waals surface area contributed by atoms with Gasteiger partial charge in [-0.2, -0.15) is 5.26 Å².